The van der Waals surface area contributed by atoms with Crippen LogP contribution in [0.1, 0.15) is 56.6 Å². The minimum absolute atomic E-state index is 0.0258. The Kier molecular flexibility index (Phi) is 10.3. The highest BCUT2D eigenvalue weighted by Gasteiger charge is 2.66. The number of unbranched alkanes of at least 4 members (excludes halogenated alkanes) is 1. The largest absolute Gasteiger partial charge is 0.497 e. The van der Waals surface area contributed by atoms with Crippen LogP contribution in [-0.2, 0) is 29.5 Å². The molecular formula is C39H47N3O7Si. The molecule has 0 radical (unpaired) electrons. The Labute approximate surface area is 295 Å². The summed E-state index contributed by atoms with van der Waals surface area (Å²) in [7, 11) is 0.658. The van der Waals surface area contributed by atoms with Crippen LogP contribution in [0.15, 0.2) is 77.9 Å². The molecule has 264 valence electrons. The number of methoxy groups -OCH3 is 2. The van der Waals surface area contributed by atoms with Gasteiger partial charge in [-0.05, 0) is 60.7 Å². The molecule has 3 aliphatic rings. The van der Waals surface area contributed by atoms with Gasteiger partial charge in [-0.2, -0.15) is 5.10 Å². The van der Waals surface area contributed by atoms with E-state index in [1.165, 1.54) is 17.3 Å². The molecule has 1 N–H and O–H groups in total. The zero-order valence-electron chi connectivity index (χ0n) is 29.6. The molecule has 2 amide bonds. The van der Waals surface area contributed by atoms with Gasteiger partial charge in [0.15, 0.2) is 5.60 Å². The van der Waals surface area contributed by atoms with E-state index in [1.54, 1.807) is 12.0 Å². The Balaban J connectivity index is 1.44. The number of carbonyl (C=O) groups is 3. The van der Waals surface area contributed by atoms with E-state index in [0.717, 1.165) is 22.7 Å². The number of hydrogen-bond donors (Lipinski definition) is 1. The van der Waals surface area contributed by atoms with E-state index in [-0.39, 0.29) is 48.4 Å². The summed E-state index contributed by atoms with van der Waals surface area (Å²) in [5.74, 6) is -0.0390. The number of anilines is 2. The molecule has 50 heavy (non-hydrogen) atoms. The van der Waals surface area contributed by atoms with Crippen molar-refractivity contribution in [2.24, 2.45) is 11.0 Å². The molecule has 3 aromatic rings. The normalized spacial score (nSPS) is 23.3. The number of carbonyl (C=O) groups excluding carboxylic acids is 3. The number of fused-ring (bicyclic) bond motifs is 2. The van der Waals surface area contributed by atoms with Crippen LogP contribution in [0.4, 0.5) is 11.4 Å². The van der Waals surface area contributed by atoms with Gasteiger partial charge in [0.25, 0.3) is 5.91 Å². The summed E-state index contributed by atoms with van der Waals surface area (Å²) in [4.78, 5) is 42.0. The number of hydrogen-bond acceptors (Lipinski definition) is 8. The lowest BCUT2D eigenvalue weighted by atomic mass is 9.82. The van der Waals surface area contributed by atoms with Gasteiger partial charge in [-0.3, -0.25) is 14.4 Å². The smallest absolute Gasteiger partial charge is 0.305 e. The standard InChI is InChI=1S/C39H47N3O7Si/c1-26-37(50(4,5)30-17-15-29(47-2)16-18-30)34(22-24-43)49-39(26)31-25-28(42-35(44)21-19-32(40-42)27-11-7-6-8-12-27)14-20-33(31)41(38(39)46)23-10-9-13-36(45)48-3/h6-8,11-12,14-18,20,25-26,34,37,43H,9-10,13,19,21-24H2,1-5H3/t26-,34+,37-,39+/m1/s1. The molecule has 0 bridgehead atoms. The fourth-order valence-electron chi connectivity index (χ4n) is 8.29. The zero-order valence-corrected chi connectivity index (χ0v) is 30.6. The molecule has 3 aromatic carbocycles. The number of hydrazone groups is 1. The third kappa shape index (κ3) is 6.27. The Morgan fingerprint density at radius 3 is 2.44 bits per heavy atom. The maximum atomic E-state index is 15.0. The number of ether oxygens (including phenoxy) is 3. The molecule has 1 saturated heterocycles. The number of rotatable bonds is 12. The van der Waals surface area contributed by atoms with Crippen molar-refractivity contribution in [3.63, 3.8) is 0 Å². The minimum atomic E-state index is -2.36. The van der Waals surface area contributed by atoms with Gasteiger partial charge >= 0.3 is 5.97 Å². The predicted molar refractivity (Wildman–Crippen MR) is 196 cm³/mol. The molecule has 0 saturated carbocycles. The van der Waals surface area contributed by atoms with Gasteiger partial charge in [-0.1, -0.05) is 67.7 Å². The number of nitrogens with zero attached hydrogens (tertiary/aromatic N) is 3. The highest BCUT2D eigenvalue weighted by molar-refractivity contribution is 6.91. The summed E-state index contributed by atoms with van der Waals surface area (Å²) in [6.07, 6.45) is 2.30. The average Bonchev–Trinajstić information content (AvgIpc) is 3.56. The molecule has 3 heterocycles. The fourth-order valence-corrected chi connectivity index (χ4v) is 12.3. The van der Waals surface area contributed by atoms with Crippen molar-refractivity contribution in [3.8, 4) is 5.75 Å². The quantitative estimate of drug-likeness (QED) is 0.151. The molecule has 6 rings (SSSR count). The van der Waals surface area contributed by atoms with E-state index in [1.807, 2.05) is 60.7 Å². The number of benzene rings is 3. The Morgan fingerprint density at radius 1 is 1.02 bits per heavy atom. The van der Waals surface area contributed by atoms with Crippen LogP contribution in [0, 0.1) is 5.92 Å². The van der Waals surface area contributed by atoms with E-state index in [9.17, 15) is 19.5 Å². The van der Waals surface area contributed by atoms with Gasteiger partial charge < -0.3 is 24.2 Å². The van der Waals surface area contributed by atoms with E-state index in [4.69, 9.17) is 19.3 Å². The topological polar surface area (TPSA) is 118 Å². The molecule has 10 nitrogen and oxygen atoms in total. The van der Waals surface area contributed by atoms with Gasteiger partial charge in [0, 0.05) is 43.9 Å². The second-order valence-corrected chi connectivity index (χ2v) is 18.7. The molecular weight excluding hydrogens is 651 g/mol. The van der Waals surface area contributed by atoms with Gasteiger partial charge in [0.05, 0.1) is 45.5 Å². The van der Waals surface area contributed by atoms with E-state index < -0.39 is 13.7 Å². The monoisotopic (exact) mass is 697 g/mol. The average molecular weight is 698 g/mol. The van der Waals surface area contributed by atoms with Crippen LogP contribution in [0.5, 0.6) is 5.75 Å². The van der Waals surface area contributed by atoms with Crippen molar-refractivity contribution in [3.05, 3.63) is 83.9 Å². The second kappa shape index (κ2) is 14.5. The molecule has 1 spiro atoms. The minimum Gasteiger partial charge on any atom is -0.497 e. The lowest BCUT2D eigenvalue weighted by molar-refractivity contribution is -0.146. The van der Waals surface area contributed by atoms with Crippen LogP contribution in [-0.4, -0.2) is 70.2 Å². The van der Waals surface area contributed by atoms with Gasteiger partial charge in [-0.25, -0.2) is 5.01 Å². The van der Waals surface area contributed by atoms with Crippen LogP contribution in [0.25, 0.3) is 0 Å². The van der Waals surface area contributed by atoms with Crippen molar-refractivity contribution >= 4 is 48.1 Å². The van der Waals surface area contributed by atoms with Crippen LogP contribution >= 0.6 is 0 Å². The molecule has 0 aliphatic carbocycles. The molecule has 3 aliphatic heterocycles. The second-order valence-electron chi connectivity index (χ2n) is 14.0. The Hall–Kier alpha value is -4.32. The first-order valence-corrected chi connectivity index (χ1v) is 20.6. The molecule has 4 atom stereocenters. The lowest BCUT2D eigenvalue weighted by Crippen LogP contribution is -2.52. The van der Waals surface area contributed by atoms with Crippen LogP contribution in [0.3, 0.4) is 0 Å². The molecule has 1 fully saturated rings. The van der Waals surface area contributed by atoms with E-state index >= 15 is 0 Å². The first-order chi connectivity index (χ1) is 24.1. The van der Waals surface area contributed by atoms with Crippen molar-refractivity contribution < 1.29 is 33.7 Å². The molecule has 11 heteroatoms. The van der Waals surface area contributed by atoms with Gasteiger partial charge in [-0.15, -0.1) is 0 Å². The van der Waals surface area contributed by atoms with Crippen molar-refractivity contribution in [2.45, 2.75) is 75.8 Å². The summed E-state index contributed by atoms with van der Waals surface area (Å²) in [6.45, 7) is 7.03. The summed E-state index contributed by atoms with van der Waals surface area (Å²) in [5, 5.41) is 17.8. The summed E-state index contributed by atoms with van der Waals surface area (Å²) in [5.41, 5.74) is 2.44. The van der Waals surface area contributed by atoms with Gasteiger partial charge in [0.2, 0.25) is 5.91 Å². The van der Waals surface area contributed by atoms with Crippen molar-refractivity contribution in [1.82, 2.24) is 0 Å². The van der Waals surface area contributed by atoms with Crippen molar-refractivity contribution in [2.75, 3.05) is 37.3 Å². The summed E-state index contributed by atoms with van der Waals surface area (Å²) < 4.78 is 17.3. The lowest BCUT2D eigenvalue weighted by Gasteiger charge is -2.37. The number of aliphatic hydroxyl groups excluding tert-OH is 1. The Bertz CT molecular complexity index is 1760. The highest BCUT2D eigenvalue weighted by Crippen LogP contribution is 2.60. The maximum Gasteiger partial charge on any atom is 0.305 e. The van der Waals surface area contributed by atoms with Crippen LogP contribution < -0.4 is 19.8 Å². The highest BCUT2D eigenvalue weighted by atomic mass is 28.3. The van der Waals surface area contributed by atoms with Gasteiger partial charge in [0.1, 0.15) is 5.75 Å². The number of amides is 2. The zero-order chi connectivity index (χ0) is 35.6. The van der Waals surface area contributed by atoms with Crippen molar-refractivity contribution in [1.29, 1.82) is 0 Å². The Morgan fingerprint density at radius 2 is 1.76 bits per heavy atom. The third-order valence-corrected chi connectivity index (χ3v) is 15.2. The fraction of sp³-hybridized carbons (Fsp3) is 0.436. The predicted octanol–water partition coefficient (Wildman–Crippen LogP) is 5.51. The maximum absolute atomic E-state index is 15.0. The first-order valence-electron chi connectivity index (χ1n) is 17.5. The summed E-state index contributed by atoms with van der Waals surface area (Å²) >= 11 is 0. The SMILES string of the molecule is COC(=O)CCCCN1C(=O)[C@@]2(O[C@@H](CCO)[C@H]([Si](C)(C)c3ccc(OC)cc3)[C@H]2C)c2cc(N3N=C(c4ccccc4)CCC3=O)ccc21. The first kappa shape index (κ1) is 35.5. The summed E-state index contributed by atoms with van der Waals surface area (Å²) in [6, 6.07) is 23.7. The number of aliphatic hydroxyl groups is 1. The molecule has 0 aromatic heterocycles. The third-order valence-electron chi connectivity index (χ3n) is 10.9. The van der Waals surface area contributed by atoms with E-state index in [2.05, 4.69) is 32.2 Å². The van der Waals surface area contributed by atoms with E-state index in [0.29, 0.717) is 49.9 Å². The molecule has 0 unspecified atom stereocenters. The number of esters is 1. The van der Waals surface area contributed by atoms with Crippen LogP contribution in [0.2, 0.25) is 18.6 Å².